The van der Waals surface area contributed by atoms with Gasteiger partial charge in [0.25, 0.3) is 5.91 Å². The molecule has 33 heavy (non-hydrogen) atoms. The predicted octanol–water partition coefficient (Wildman–Crippen LogP) is 4.68. The molecule has 5 aliphatic rings. The molecule has 2 aromatic heterocycles. The number of nitrogens with one attached hydrogen (secondary N) is 1. The first kappa shape index (κ1) is 20.4. The van der Waals surface area contributed by atoms with Gasteiger partial charge in [-0.2, -0.15) is 11.8 Å². The summed E-state index contributed by atoms with van der Waals surface area (Å²) in [4.78, 5) is 20.2. The van der Waals surface area contributed by atoms with Crippen LogP contribution in [0.1, 0.15) is 53.4 Å². The molecular formula is C25H27N3O3S2. The standard InChI is InChI=1S/C25H27N3O3S2/c1-32-25(6-7-25)20-5-4-18(31-20)21(29)27-24-13-23(14-24,15-24)22-26-17-3-2-16(12-19(17)33-22)28-8-10-30-11-9-28/h2-5,12H,6-11,13-15H2,1H3,(H,27,29). The largest absolute Gasteiger partial charge is 0.454 e. The van der Waals surface area contributed by atoms with Crippen LogP contribution in [0.4, 0.5) is 5.69 Å². The van der Waals surface area contributed by atoms with Gasteiger partial charge in [0, 0.05) is 29.7 Å². The molecule has 1 aliphatic heterocycles. The van der Waals surface area contributed by atoms with Crippen LogP contribution in [-0.2, 0) is 14.9 Å². The van der Waals surface area contributed by atoms with E-state index in [1.165, 1.54) is 15.4 Å². The monoisotopic (exact) mass is 481 g/mol. The van der Waals surface area contributed by atoms with Gasteiger partial charge in [-0.3, -0.25) is 4.79 Å². The van der Waals surface area contributed by atoms with Gasteiger partial charge in [-0.05, 0) is 68.7 Å². The molecule has 1 aromatic carbocycles. The first-order valence-corrected chi connectivity index (χ1v) is 13.8. The van der Waals surface area contributed by atoms with Crippen LogP contribution >= 0.6 is 23.1 Å². The molecule has 172 valence electrons. The van der Waals surface area contributed by atoms with Crippen molar-refractivity contribution in [3.05, 3.63) is 46.9 Å². The second-order valence-electron chi connectivity index (χ2n) is 10.2. The van der Waals surface area contributed by atoms with Gasteiger partial charge in [0.1, 0.15) is 10.8 Å². The van der Waals surface area contributed by atoms with Crippen LogP contribution in [0.3, 0.4) is 0 Å². The lowest BCUT2D eigenvalue weighted by atomic mass is 9.39. The van der Waals surface area contributed by atoms with Crippen molar-refractivity contribution in [1.29, 1.82) is 0 Å². The SMILES string of the molecule is CSC1(c2ccc(C(=O)NC34CC(c5nc6ccc(N7CCOCC7)cc6s5)(C3)C4)o2)CC1. The van der Waals surface area contributed by atoms with Gasteiger partial charge in [0.2, 0.25) is 0 Å². The molecule has 0 spiro atoms. The number of ether oxygens (including phenoxy) is 1. The molecule has 0 unspecified atom stereocenters. The highest BCUT2D eigenvalue weighted by Gasteiger charge is 2.70. The zero-order valence-electron chi connectivity index (χ0n) is 18.7. The molecular weight excluding hydrogens is 454 g/mol. The van der Waals surface area contributed by atoms with E-state index >= 15 is 0 Å². The van der Waals surface area contributed by atoms with E-state index in [0.717, 1.165) is 69.7 Å². The van der Waals surface area contributed by atoms with Crippen molar-refractivity contribution in [2.45, 2.75) is 47.8 Å². The maximum Gasteiger partial charge on any atom is 0.287 e. The van der Waals surface area contributed by atoms with Crippen molar-refractivity contribution in [2.24, 2.45) is 0 Å². The molecule has 0 radical (unpaired) electrons. The number of furan rings is 1. The number of amides is 1. The average Bonchev–Trinajstić information content (AvgIpc) is 3.23. The van der Waals surface area contributed by atoms with E-state index in [2.05, 4.69) is 34.7 Å². The predicted molar refractivity (Wildman–Crippen MR) is 132 cm³/mol. The highest BCUT2D eigenvalue weighted by Crippen LogP contribution is 2.68. The van der Waals surface area contributed by atoms with Gasteiger partial charge in [0.05, 0.1) is 28.2 Å². The smallest absolute Gasteiger partial charge is 0.287 e. The number of rotatable bonds is 6. The number of nitrogens with zero attached hydrogens (tertiary/aromatic N) is 2. The molecule has 1 amide bonds. The first-order valence-electron chi connectivity index (χ1n) is 11.7. The Kier molecular flexibility index (Phi) is 4.31. The zero-order valence-corrected chi connectivity index (χ0v) is 20.3. The third kappa shape index (κ3) is 3.10. The minimum Gasteiger partial charge on any atom is -0.454 e. The zero-order chi connectivity index (χ0) is 22.3. The molecule has 1 saturated heterocycles. The highest BCUT2D eigenvalue weighted by atomic mass is 32.2. The molecule has 3 heterocycles. The van der Waals surface area contributed by atoms with Gasteiger partial charge in [-0.1, -0.05) is 0 Å². The minimum absolute atomic E-state index is 0.0779. The fraction of sp³-hybridized carbons (Fsp3) is 0.520. The van der Waals surface area contributed by atoms with E-state index in [9.17, 15) is 4.79 Å². The second-order valence-corrected chi connectivity index (χ2v) is 12.4. The number of hydrogen-bond donors (Lipinski definition) is 1. The molecule has 8 rings (SSSR count). The molecule has 5 fully saturated rings. The lowest BCUT2D eigenvalue weighted by molar-refractivity contribution is -0.0811. The molecule has 4 aliphatic carbocycles. The van der Waals surface area contributed by atoms with Gasteiger partial charge in [0.15, 0.2) is 5.76 Å². The number of thiazole rings is 1. The van der Waals surface area contributed by atoms with Crippen molar-refractivity contribution in [1.82, 2.24) is 10.3 Å². The Balaban J connectivity index is 1.03. The number of anilines is 1. The summed E-state index contributed by atoms with van der Waals surface area (Å²) in [5, 5.41) is 4.50. The Morgan fingerprint density at radius 2 is 1.94 bits per heavy atom. The van der Waals surface area contributed by atoms with Crippen LogP contribution < -0.4 is 10.2 Å². The molecule has 3 aromatic rings. The fourth-order valence-electron chi connectivity index (χ4n) is 5.98. The van der Waals surface area contributed by atoms with E-state index in [0.29, 0.717) is 5.76 Å². The van der Waals surface area contributed by atoms with Crippen LogP contribution in [0.2, 0.25) is 0 Å². The van der Waals surface area contributed by atoms with E-state index in [1.54, 1.807) is 0 Å². The minimum atomic E-state index is -0.0857. The summed E-state index contributed by atoms with van der Waals surface area (Å²) in [7, 11) is 0. The second kappa shape index (κ2) is 6.99. The third-order valence-corrected chi connectivity index (χ3v) is 10.6. The summed E-state index contributed by atoms with van der Waals surface area (Å²) in [5.41, 5.74) is 2.40. The van der Waals surface area contributed by atoms with Crippen molar-refractivity contribution in [3.8, 4) is 0 Å². The lowest BCUT2D eigenvalue weighted by Crippen LogP contribution is -2.76. The molecule has 0 atom stereocenters. The summed E-state index contributed by atoms with van der Waals surface area (Å²) >= 11 is 3.64. The Hall–Kier alpha value is -2.03. The third-order valence-electron chi connectivity index (χ3n) is 7.98. The molecule has 6 nitrogen and oxygen atoms in total. The summed E-state index contributed by atoms with van der Waals surface area (Å²) in [5.74, 6) is 1.31. The normalized spacial score (nSPS) is 29.4. The number of hydrogen-bond acceptors (Lipinski definition) is 7. The fourth-order valence-corrected chi connectivity index (χ4v) is 7.98. The summed E-state index contributed by atoms with van der Waals surface area (Å²) in [6, 6.07) is 10.4. The van der Waals surface area contributed by atoms with Gasteiger partial charge < -0.3 is 19.4 Å². The number of thioether (sulfide) groups is 1. The quantitative estimate of drug-likeness (QED) is 0.551. The lowest BCUT2D eigenvalue weighted by Gasteiger charge is -2.69. The summed E-state index contributed by atoms with van der Waals surface area (Å²) in [6.07, 6.45) is 7.30. The Bertz CT molecular complexity index is 1240. The van der Waals surface area contributed by atoms with Gasteiger partial charge in [-0.25, -0.2) is 4.98 Å². The molecule has 1 N–H and O–H groups in total. The number of morpholine rings is 1. The van der Waals surface area contributed by atoms with Crippen molar-refractivity contribution in [3.63, 3.8) is 0 Å². The van der Waals surface area contributed by atoms with E-state index in [1.807, 2.05) is 35.2 Å². The summed E-state index contributed by atoms with van der Waals surface area (Å²) < 4.78 is 12.8. The molecule has 2 bridgehead atoms. The van der Waals surface area contributed by atoms with E-state index in [4.69, 9.17) is 14.1 Å². The Morgan fingerprint density at radius 3 is 2.67 bits per heavy atom. The van der Waals surface area contributed by atoms with Crippen LogP contribution in [-0.4, -0.2) is 49.0 Å². The van der Waals surface area contributed by atoms with Gasteiger partial charge >= 0.3 is 0 Å². The topological polar surface area (TPSA) is 67.6 Å². The number of benzene rings is 1. The van der Waals surface area contributed by atoms with Crippen LogP contribution in [0.15, 0.2) is 34.7 Å². The van der Waals surface area contributed by atoms with Crippen LogP contribution in [0.25, 0.3) is 10.2 Å². The summed E-state index contributed by atoms with van der Waals surface area (Å²) in [6.45, 7) is 3.47. The van der Waals surface area contributed by atoms with Gasteiger partial charge in [-0.15, -0.1) is 11.3 Å². The van der Waals surface area contributed by atoms with E-state index in [-0.39, 0.29) is 21.6 Å². The number of carbonyl (C=O) groups excluding carboxylic acids is 1. The molecule has 8 heteroatoms. The average molecular weight is 482 g/mol. The Labute approximate surface area is 201 Å². The number of fused-ring (bicyclic) bond motifs is 1. The van der Waals surface area contributed by atoms with Crippen LogP contribution in [0, 0.1) is 0 Å². The van der Waals surface area contributed by atoms with E-state index < -0.39 is 0 Å². The van der Waals surface area contributed by atoms with Crippen molar-refractivity contribution in [2.75, 3.05) is 37.5 Å². The first-order chi connectivity index (χ1) is 16.0. The van der Waals surface area contributed by atoms with Crippen LogP contribution in [0.5, 0.6) is 0 Å². The van der Waals surface area contributed by atoms with Crippen molar-refractivity contribution >= 4 is 44.9 Å². The molecule has 4 saturated carbocycles. The van der Waals surface area contributed by atoms with Crippen molar-refractivity contribution < 1.29 is 13.9 Å². The maximum atomic E-state index is 12.9. The number of carbonyl (C=O) groups is 1. The highest BCUT2D eigenvalue weighted by molar-refractivity contribution is 7.99. The number of aromatic nitrogens is 1. The maximum absolute atomic E-state index is 12.9. The Morgan fingerprint density at radius 1 is 1.15 bits per heavy atom.